The van der Waals surface area contributed by atoms with E-state index in [-0.39, 0.29) is 18.8 Å². The van der Waals surface area contributed by atoms with Crippen molar-refractivity contribution in [3.05, 3.63) is 71.6 Å². The third-order valence-corrected chi connectivity index (χ3v) is 8.44. The van der Waals surface area contributed by atoms with Crippen LogP contribution in [0.15, 0.2) is 55.1 Å². The maximum absolute atomic E-state index is 14.0. The molecule has 0 spiro atoms. The minimum absolute atomic E-state index is 0.207. The lowest BCUT2D eigenvalue weighted by molar-refractivity contribution is -0.154. The Morgan fingerprint density at radius 1 is 1.07 bits per heavy atom. The van der Waals surface area contributed by atoms with E-state index in [0.29, 0.717) is 38.7 Å². The van der Waals surface area contributed by atoms with Crippen molar-refractivity contribution in [1.29, 1.82) is 0 Å². The highest BCUT2D eigenvalue weighted by Gasteiger charge is 2.49. The Balaban J connectivity index is 1.52. The molecular formula is C28H25F4N5O3S. The predicted molar refractivity (Wildman–Crippen MR) is 144 cm³/mol. The minimum Gasteiger partial charge on any atom is -0.481 e. The third-order valence-electron chi connectivity index (χ3n) is 7.20. The van der Waals surface area contributed by atoms with Crippen molar-refractivity contribution in [3.8, 4) is 21.6 Å². The van der Waals surface area contributed by atoms with Gasteiger partial charge in [0.1, 0.15) is 22.1 Å². The summed E-state index contributed by atoms with van der Waals surface area (Å²) in [4.78, 5) is 28.2. The zero-order chi connectivity index (χ0) is 29.6. The number of benzene rings is 1. The van der Waals surface area contributed by atoms with Gasteiger partial charge in [-0.2, -0.15) is 13.2 Å². The largest absolute Gasteiger partial charge is 0.481 e. The lowest BCUT2D eigenvalue weighted by Crippen LogP contribution is -2.44. The minimum atomic E-state index is -4.66. The Kier molecular flexibility index (Phi) is 7.28. The molecule has 0 radical (unpaired) electrons. The Morgan fingerprint density at radius 3 is 2.51 bits per heavy atom. The fraction of sp³-hybridized carbons (Fsp3) is 0.321. The van der Waals surface area contributed by atoms with Gasteiger partial charge in [0.15, 0.2) is 0 Å². The van der Waals surface area contributed by atoms with Crippen LogP contribution in [0.25, 0.3) is 21.6 Å². The average Bonchev–Trinajstić information content (AvgIpc) is 3.39. The first-order valence-electron chi connectivity index (χ1n) is 12.6. The molecule has 0 bridgehead atoms. The van der Waals surface area contributed by atoms with Gasteiger partial charge in [0.05, 0.1) is 17.0 Å². The van der Waals surface area contributed by atoms with E-state index in [1.165, 1.54) is 23.6 Å². The molecule has 2 atom stereocenters. The summed E-state index contributed by atoms with van der Waals surface area (Å²) in [7, 11) is 0. The smallest absolute Gasteiger partial charge is 0.433 e. The second kappa shape index (κ2) is 10.5. The van der Waals surface area contributed by atoms with Gasteiger partial charge in [-0.3, -0.25) is 9.78 Å². The molecule has 4 aromatic rings. The molecule has 5 rings (SSSR count). The van der Waals surface area contributed by atoms with Crippen molar-refractivity contribution in [2.45, 2.75) is 44.9 Å². The number of aliphatic carboxylic acids is 1. The zero-order valence-electron chi connectivity index (χ0n) is 21.9. The Morgan fingerprint density at radius 2 is 1.83 bits per heavy atom. The van der Waals surface area contributed by atoms with E-state index in [1.54, 1.807) is 24.4 Å². The van der Waals surface area contributed by atoms with E-state index in [1.807, 2.05) is 13.8 Å². The van der Waals surface area contributed by atoms with E-state index in [0.717, 1.165) is 18.5 Å². The van der Waals surface area contributed by atoms with Crippen LogP contribution in [0.5, 0.6) is 0 Å². The molecule has 1 aliphatic carbocycles. The summed E-state index contributed by atoms with van der Waals surface area (Å²) in [5, 5.41) is 24.4. The van der Waals surface area contributed by atoms with Crippen molar-refractivity contribution in [3.63, 3.8) is 0 Å². The van der Waals surface area contributed by atoms with Crippen LogP contribution in [0, 0.1) is 17.2 Å². The first kappa shape index (κ1) is 28.6. The number of anilines is 2. The van der Waals surface area contributed by atoms with E-state index < -0.39 is 40.6 Å². The Labute approximate surface area is 236 Å². The zero-order valence-corrected chi connectivity index (χ0v) is 22.7. The molecule has 214 valence electrons. The Bertz CT molecular complexity index is 1610. The molecule has 0 saturated heterocycles. The molecule has 13 heteroatoms. The number of rotatable bonds is 6. The third kappa shape index (κ3) is 6.05. The van der Waals surface area contributed by atoms with Crippen LogP contribution < -0.4 is 5.32 Å². The summed E-state index contributed by atoms with van der Waals surface area (Å²) in [5.41, 5.74) is -1.24. The van der Waals surface area contributed by atoms with Gasteiger partial charge in [0.2, 0.25) is 5.95 Å². The lowest BCUT2D eigenvalue weighted by atomic mass is 9.63. The van der Waals surface area contributed by atoms with Gasteiger partial charge in [-0.25, -0.2) is 19.3 Å². The van der Waals surface area contributed by atoms with Gasteiger partial charge in [0.25, 0.3) is 0 Å². The number of halogens is 4. The molecule has 1 aliphatic rings. The molecule has 8 nitrogen and oxygen atoms in total. The normalized spacial score (nSPS) is 20.5. The van der Waals surface area contributed by atoms with Crippen molar-refractivity contribution >= 4 is 28.9 Å². The number of hydrogen-bond donors (Lipinski definition) is 3. The fourth-order valence-corrected chi connectivity index (χ4v) is 6.31. The number of pyridine rings is 1. The van der Waals surface area contributed by atoms with Gasteiger partial charge in [-0.15, -0.1) is 11.3 Å². The van der Waals surface area contributed by atoms with Crippen LogP contribution in [0.4, 0.5) is 29.2 Å². The quantitative estimate of drug-likeness (QED) is 0.214. The molecule has 3 heterocycles. The summed E-state index contributed by atoms with van der Waals surface area (Å²) in [6.45, 7) is 3.63. The van der Waals surface area contributed by atoms with E-state index >= 15 is 0 Å². The van der Waals surface area contributed by atoms with Gasteiger partial charge in [-0.05, 0) is 66.1 Å². The maximum atomic E-state index is 14.0. The topological polar surface area (TPSA) is 121 Å². The summed E-state index contributed by atoms with van der Waals surface area (Å²) in [6.07, 6.45) is 1.15. The fourth-order valence-electron chi connectivity index (χ4n) is 5.29. The van der Waals surface area contributed by atoms with E-state index in [9.17, 15) is 32.6 Å². The molecule has 0 amide bonds. The predicted octanol–water partition coefficient (Wildman–Crippen LogP) is 6.66. The van der Waals surface area contributed by atoms with E-state index in [4.69, 9.17) is 0 Å². The van der Waals surface area contributed by atoms with Crippen LogP contribution in [0.3, 0.4) is 0 Å². The molecule has 1 aromatic carbocycles. The molecule has 1 fully saturated rings. The highest BCUT2D eigenvalue weighted by molar-refractivity contribution is 7.15. The standard InChI is InChI=1S/C28H25F4N5O3S/c1-26(2)14-27(40,5-3-20(26)23(38)39)24-35-13-21(41-24)16-7-15(17-8-18(29)12-33-11-17)9-19(10-16)36-25-34-6-4-22(37-25)28(30,31)32/h4,6-13,20,40H,3,5,14H2,1-2H3,(H,38,39)(H,34,36,37)/t20-,27-/m0/s1. The van der Waals surface area contributed by atoms with Gasteiger partial charge in [-0.1, -0.05) is 13.8 Å². The molecule has 3 N–H and O–H groups in total. The number of hydrogen-bond acceptors (Lipinski definition) is 8. The SMILES string of the molecule is CC1(C)C[C@](O)(c2ncc(-c3cc(Nc4nccc(C(F)(F)F)n4)cc(-c4cncc(F)c4)c3)s2)CC[C@H]1C(=O)O. The number of thiazole rings is 1. The van der Waals surface area contributed by atoms with Crippen molar-refractivity contribution < 1.29 is 32.6 Å². The first-order chi connectivity index (χ1) is 19.2. The molecule has 0 unspecified atom stereocenters. The summed E-state index contributed by atoms with van der Waals surface area (Å²) >= 11 is 1.22. The van der Waals surface area contributed by atoms with E-state index in [2.05, 4.69) is 25.3 Å². The average molecular weight is 588 g/mol. The highest BCUT2D eigenvalue weighted by atomic mass is 32.1. The van der Waals surface area contributed by atoms with Crippen LogP contribution in [0.2, 0.25) is 0 Å². The van der Waals surface area contributed by atoms with Crippen molar-refractivity contribution in [2.24, 2.45) is 11.3 Å². The molecular weight excluding hydrogens is 562 g/mol. The van der Waals surface area contributed by atoms with Crippen LogP contribution in [-0.4, -0.2) is 36.1 Å². The molecule has 3 aromatic heterocycles. The number of nitrogens with zero attached hydrogens (tertiary/aromatic N) is 4. The molecule has 41 heavy (non-hydrogen) atoms. The lowest BCUT2D eigenvalue weighted by Gasteiger charge is -2.44. The second-order valence-corrected chi connectivity index (χ2v) is 11.8. The number of aromatic nitrogens is 4. The number of alkyl halides is 3. The van der Waals surface area contributed by atoms with Crippen LogP contribution in [-0.2, 0) is 16.6 Å². The number of carboxylic acid groups (broad SMARTS) is 1. The van der Waals surface area contributed by atoms with Crippen molar-refractivity contribution in [2.75, 3.05) is 5.32 Å². The van der Waals surface area contributed by atoms with Crippen molar-refractivity contribution in [1.82, 2.24) is 19.9 Å². The number of carboxylic acids is 1. The van der Waals surface area contributed by atoms with Crippen LogP contribution in [0.1, 0.15) is 43.8 Å². The first-order valence-corrected chi connectivity index (χ1v) is 13.4. The Hall–Kier alpha value is -3.97. The van der Waals surface area contributed by atoms with Crippen LogP contribution >= 0.6 is 11.3 Å². The maximum Gasteiger partial charge on any atom is 0.433 e. The highest BCUT2D eigenvalue weighted by Crippen LogP contribution is 2.51. The second-order valence-electron chi connectivity index (χ2n) is 10.7. The molecule has 0 aliphatic heterocycles. The monoisotopic (exact) mass is 587 g/mol. The number of carbonyl (C=O) groups is 1. The van der Waals surface area contributed by atoms with Gasteiger partial charge in [0, 0.05) is 29.8 Å². The summed E-state index contributed by atoms with van der Waals surface area (Å²) in [6, 6.07) is 7.06. The molecule has 1 saturated carbocycles. The number of nitrogens with one attached hydrogen (secondary N) is 1. The van der Waals surface area contributed by atoms with Gasteiger partial charge < -0.3 is 15.5 Å². The van der Waals surface area contributed by atoms with Gasteiger partial charge >= 0.3 is 12.1 Å². The summed E-state index contributed by atoms with van der Waals surface area (Å²) < 4.78 is 53.6. The summed E-state index contributed by atoms with van der Waals surface area (Å²) in [5.74, 6) is -2.33. The number of aliphatic hydroxyl groups is 1.